The van der Waals surface area contributed by atoms with E-state index in [-0.39, 0.29) is 11.2 Å². The number of rotatable bonds is 2. The second-order valence-electron chi connectivity index (χ2n) is 5.49. The molecule has 1 aromatic rings. The Balaban J connectivity index is 3.41. The first kappa shape index (κ1) is 17.3. The van der Waals surface area contributed by atoms with Crippen LogP contribution in [-0.4, -0.2) is 15.5 Å². The van der Waals surface area contributed by atoms with Crippen molar-refractivity contribution >= 4 is 52.2 Å². The van der Waals surface area contributed by atoms with Crippen LogP contribution in [0.2, 0.25) is 0 Å². The van der Waals surface area contributed by atoms with E-state index >= 15 is 0 Å². The van der Waals surface area contributed by atoms with Gasteiger partial charge in [-0.15, -0.1) is 0 Å². The maximum absolute atomic E-state index is 11.9. The molecule has 0 radical (unpaired) electrons. The zero-order chi connectivity index (χ0) is 15.7. The van der Waals surface area contributed by atoms with Crippen LogP contribution < -0.4 is 5.32 Å². The van der Waals surface area contributed by atoms with E-state index in [4.69, 9.17) is 34.8 Å². The Hall–Kier alpha value is -0.770. The van der Waals surface area contributed by atoms with Gasteiger partial charge in [0.25, 0.3) is 9.70 Å². The van der Waals surface area contributed by atoms with E-state index < -0.39 is 9.70 Å². The minimum Gasteiger partial charge on any atom is -0.321 e. The summed E-state index contributed by atoms with van der Waals surface area (Å²) in [5, 5.41) is 2.55. The molecule has 20 heavy (non-hydrogen) atoms. The molecule has 0 saturated carbocycles. The molecule has 1 rings (SSSR count). The van der Waals surface area contributed by atoms with E-state index in [0.717, 1.165) is 5.56 Å². The van der Waals surface area contributed by atoms with Gasteiger partial charge in [0.1, 0.15) is 0 Å². The molecule has 110 valence electrons. The Morgan fingerprint density at radius 2 is 1.65 bits per heavy atom. The molecule has 0 spiro atoms. The van der Waals surface area contributed by atoms with Crippen LogP contribution in [0, 0.1) is 0 Å². The molecule has 1 aromatic carbocycles. The monoisotopic (exact) mass is 335 g/mol. The SMILES string of the molecule is CC(=O)c1cccc(C(C)(C)C)c1NC(=O)C(Cl)(Cl)Cl. The fourth-order valence-electron chi connectivity index (χ4n) is 1.79. The highest BCUT2D eigenvalue weighted by Crippen LogP contribution is 2.35. The summed E-state index contributed by atoms with van der Waals surface area (Å²) < 4.78 is -2.08. The van der Waals surface area contributed by atoms with E-state index in [9.17, 15) is 9.59 Å². The molecule has 0 saturated heterocycles. The fraction of sp³-hybridized carbons (Fsp3) is 0.429. The minimum atomic E-state index is -2.08. The van der Waals surface area contributed by atoms with Gasteiger partial charge in [0.2, 0.25) is 0 Å². The molecule has 0 aliphatic rings. The summed E-state index contributed by atoms with van der Waals surface area (Å²) in [5.74, 6) is -0.961. The first-order valence-corrected chi connectivity index (χ1v) is 7.10. The van der Waals surface area contributed by atoms with Gasteiger partial charge in [-0.2, -0.15) is 0 Å². The number of hydrogen-bond donors (Lipinski definition) is 1. The molecule has 0 aliphatic heterocycles. The number of amides is 1. The van der Waals surface area contributed by atoms with Gasteiger partial charge < -0.3 is 5.32 Å². The van der Waals surface area contributed by atoms with Crippen LogP contribution in [0.1, 0.15) is 43.6 Å². The zero-order valence-corrected chi connectivity index (χ0v) is 14.0. The molecule has 0 unspecified atom stereocenters. The predicted molar refractivity (Wildman–Crippen MR) is 84.1 cm³/mol. The Morgan fingerprint density at radius 1 is 1.10 bits per heavy atom. The van der Waals surface area contributed by atoms with E-state index in [2.05, 4.69) is 5.32 Å². The van der Waals surface area contributed by atoms with Gasteiger partial charge in [0.15, 0.2) is 5.78 Å². The molecule has 6 heteroatoms. The molecule has 1 amide bonds. The highest BCUT2D eigenvalue weighted by Gasteiger charge is 2.33. The highest BCUT2D eigenvalue weighted by molar-refractivity contribution is 6.76. The summed E-state index contributed by atoms with van der Waals surface area (Å²) in [4.78, 5) is 23.6. The van der Waals surface area contributed by atoms with Gasteiger partial charge in [0.05, 0.1) is 5.69 Å². The lowest BCUT2D eigenvalue weighted by Crippen LogP contribution is -2.29. The minimum absolute atomic E-state index is 0.171. The number of carbonyl (C=O) groups is 2. The van der Waals surface area contributed by atoms with Crippen LogP contribution in [0.25, 0.3) is 0 Å². The number of hydrogen-bond acceptors (Lipinski definition) is 2. The molecule has 0 atom stereocenters. The van der Waals surface area contributed by atoms with Crippen LogP contribution >= 0.6 is 34.8 Å². The summed E-state index contributed by atoms with van der Waals surface area (Å²) in [6.45, 7) is 7.33. The normalized spacial score (nSPS) is 12.2. The third-order valence-corrected chi connectivity index (χ3v) is 3.26. The highest BCUT2D eigenvalue weighted by atomic mass is 35.6. The Bertz CT molecular complexity index is 542. The van der Waals surface area contributed by atoms with E-state index in [1.54, 1.807) is 12.1 Å². The van der Waals surface area contributed by atoms with E-state index in [0.29, 0.717) is 11.3 Å². The van der Waals surface area contributed by atoms with Gasteiger partial charge in [-0.05, 0) is 24.0 Å². The number of para-hydroxylation sites is 1. The Kier molecular flexibility index (Phi) is 5.12. The third-order valence-electron chi connectivity index (χ3n) is 2.75. The number of halogens is 3. The molecule has 1 N–H and O–H groups in total. The van der Waals surface area contributed by atoms with Gasteiger partial charge in [-0.1, -0.05) is 67.7 Å². The van der Waals surface area contributed by atoms with Crippen molar-refractivity contribution in [3.8, 4) is 0 Å². The molecular formula is C14H16Cl3NO2. The number of anilines is 1. The second-order valence-corrected chi connectivity index (χ2v) is 7.77. The third kappa shape index (κ3) is 4.11. The number of alkyl halides is 3. The average Bonchev–Trinajstić information content (AvgIpc) is 2.25. The van der Waals surface area contributed by atoms with Gasteiger partial charge >= 0.3 is 0 Å². The zero-order valence-electron chi connectivity index (χ0n) is 11.7. The predicted octanol–water partition coefficient (Wildman–Crippen LogP) is 4.50. The lowest BCUT2D eigenvalue weighted by molar-refractivity contribution is -0.115. The summed E-state index contributed by atoms with van der Waals surface area (Å²) in [6, 6.07) is 5.23. The summed E-state index contributed by atoms with van der Waals surface area (Å²) in [7, 11) is 0. The number of nitrogens with one attached hydrogen (secondary N) is 1. The van der Waals surface area contributed by atoms with E-state index in [1.807, 2.05) is 26.8 Å². The van der Waals surface area contributed by atoms with Crippen molar-refractivity contribution in [2.24, 2.45) is 0 Å². The Morgan fingerprint density at radius 3 is 2.05 bits per heavy atom. The molecule has 0 aliphatic carbocycles. The first-order valence-electron chi connectivity index (χ1n) is 5.97. The van der Waals surface area contributed by atoms with Crippen molar-refractivity contribution < 1.29 is 9.59 Å². The fourth-order valence-corrected chi connectivity index (χ4v) is 1.93. The number of Topliss-reactive ketones (excluding diaryl/α,β-unsaturated/α-hetero) is 1. The second kappa shape index (κ2) is 5.92. The van der Waals surface area contributed by atoms with Crippen LogP contribution in [0.3, 0.4) is 0 Å². The van der Waals surface area contributed by atoms with Crippen molar-refractivity contribution in [2.75, 3.05) is 5.32 Å². The van der Waals surface area contributed by atoms with Crippen LogP contribution in [0.4, 0.5) is 5.69 Å². The largest absolute Gasteiger partial charge is 0.321 e. The van der Waals surface area contributed by atoms with Gasteiger partial charge in [-0.3, -0.25) is 9.59 Å². The lowest BCUT2D eigenvalue weighted by atomic mass is 9.84. The first-order chi connectivity index (χ1) is 8.94. The smallest absolute Gasteiger partial charge is 0.276 e. The topological polar surface area (TPSA) is 46.2 Å². The maximum Gasteiger partial charge on any atom is 0.276 e. The number of ketones is 1. The summed E-state index contributed by atoms with van der Waals surface area (Å²) >= 11 is 16.7. The lowest BCUT2D eigenvalue weighted by Gasteiger charge is -2.25. The average molecular weight is 337 g/mol. The molecule has 0 bridgehead atoms. The van der Waals surface area contributed by atoms with Crippen molar-refractivity contribution in [1.82, 2.24) is 0 Å². The van der Waals surface area contributed by atoms with E-state index in [1.165, 1.54) is 6.92 Å². The quantitative estimate of drug-likeness (QED) is 0.638. The Labute approximate surface area is 133 Å². The van der Waals surface area contributed by atoms with Crippen LogP contribution in [0.5, 0.6) is 0 Å². The molecule has 3 nitrogen and oxygen atoms in total. The van der Waals surface area contributed by atoms with Crippen LogP contribution in [0.15, 0.2) is 18.2 Å². The number of carbonyl (C=O) groups excluding carboxylic acids is 2. The maximum atomic E-state index is 11.9. The van der Waals surface area contributed by atoms with Crippen molar-refractivity contribution in [3.05, 3.63) is 29.3 Å². The molecule has 0 heterocycles. The summed E-state index contributed by atoms with van der Waals surface area (Å²) in [5.41, 5.74) is 1.30. The van der Waals surface area contributed by atoms with Crippen molar-refractivity contribution in [1.29, 1.82) is 0 Å². The summed E-state index contributed by atoms with van der Waals surface area (Å²) in [6.07, 6.45) is 0. The molecular weight excluding hydrogens is 321 g/mol. The van der Waals surface area contributed by atoms with Crippen molar-refractivity contribution in [3.63, 3.8) is 0 Å². The number of benzene rings is 1. The van der Waals surface area contributed by atoms with Gasteiger partial charge in [-0.25, -0.2) is 0 Å². The molecule has 0 aromatic heterocycles. The molecule has 0 fully saturated rings. The van der Waals surface area contributed by atoms with Crippen molar-refractivity contribution in [2.45, 2.75) is 36.9 Å². The van der Waals surface area contributed by atoms with Crippen LogP contribution in [-0.2, 0) is 10.2 Å². The van der Waals surface area contributed by atoms with Gasteiger partial charge in [0, 0.05) is 5.56 Å². The standard InChI is InChI=1S/C14H16Cl3NO2/c1-8(19)9-6-5-7-10(13(2,3)4)11(9)18-12(20)14(15,16)17/h5-7H,1-4H3,(H,18,20).